The van der Waals surface area contributed by atoms with E-state index >= 15 is 0 Å². The first-order chi connectivity index (χ1) is 10.8. The molecule has 0 fully saturated rings. The number of rotatable bonds is 15. The van der Waals surface area contributed by atoms with Crippen molar-refractivity contribution >= 4 is 0 Å². The van der Waals surface area contributed by atoms with Gasteiger partial charge in [-0.2, -0.15) is 5.10 Å². The number of unbranched alkanes of at least 4 members (excludes halogenated alkanes) is 12. The van der Waals surface area contributed by atoms with Crippen molar-refractivity contribution in [2.24, 2.45) is 0 Å². The van der Waals surface area contributed by atoms with E-state index in [-0.39, 0.29) is 0 Å². The molecule has 22 heavy (non-hydrogen) atoms. The highest BCUT2D eigenvalue weighted by molar-refractivity contribution is 4.64. The number of hydrogen-bond donors (Lipinski definition) is 0. The Bertz CT molecular complexity index is 321. The third kappa shape index (κ3) is 9.97. The van der Waals surface area contributed by atoms with E-state index in [1.165, 1.54) is 89.9 Å². The van der Waals surface area contributed by atoms with E-state index in [1.807, 2.05) is 11.0 Å². The minimum absolute atomic E-state index is 0.496. The lowest BCUT2D eigenvalue weighted by atomic mass is 10.0. The van der Waals surface area contributed by atoms with Crippen LogP contribution in [0.3, 0.4) is 0 Å². The van der Waals surface area contributed by atoms with Gasteiger partial charge in [0.05, 0.1) is 6.04 Å². The first-order valence-electron chi connectivity index (χ1n) is 9.68. The second-order valence-corrected chi connectivity index (χ2v) is 6.76. The second-order valence-electron chi connectivity index (χ2n) is 6.76. The molecule has 0 saturated heterocycles. The molecule has 1 aromatic heterocycles. The maximum Gasteiger partial charge on any atom is 0.137 e. The van der Waals surface area contributed by atoms with Crippen LogP contribution in [0.4, 0.5) is 0 Å². The van der Waals surface area contributed by atoms with Gasteiger partial charge in [-0.05, 0) is 13.3 Å². The summed E-state index contributed by atoms with van der Waals surface area (Å²) < 4.78 is 1.97. The van der Waals surface area contributed by atoms with Gasteiger partial charge in [-0.25, -0.2) is 4.98 Å². The molecule has 3 heteroatoms. The topological polar surface area (TPSA) is 30.7 Å². The van der Waals surface area contributed by atoms with Crippen LogP contribution in [0.2, 0.25) is 0 Å². The molecule has 3 nitrogen and oxygen atoms in total. The van der Waals surface area contributed by atoms with E-state index in [0.29, 0.717) is 6.04 Å². The van der Waals surface area contributed by atoms with Crippen molar-refractivity contribution in [3.05, 3.63) is 12.7 Å². The fraction of sp³-hybridized carbons (Fsp3) is 0.895. The van der Waals surface area contributed by atoms with Crippen molar-refractivity contribution in [1.82, 2.24) is 14.8 Å². The van der Waals surface area contributed by atoms with Crippen LogP contribution in [-0.4, -0.2) is 14.8 Å². The summed E-state index contributed by atoms with van der Waals surface area (Å²) in [4.78, 5) is 4.01. The quantitative estimate of drug-likeness (QED) is 0.355. The monoisotopic (exact) mass is 307 g/mol. The van der Waals surface area contributed by atoms with Crippen LogP contribution in [0.1, 0.15) is 110 Å². The molecule has 1 aromatic rings. The minimum Gasteiger partial charge on any atom is -0.250 e. The Labute approximate surface area is 137 Å². The molecular formula is C19H37N3. The van der Waals surface area contributed by atoms with E-state index in [1.54, 1.807) is 6.33 Å². The zero-order valence-electron chi connectivity index (χ0n) is 15.0. The van der Waals surface area contributed by atoms with E-state index in [9.17, 15) is 0 Å². The lowest BCUT2D eigenvalue weighted by Gasteiger charge is -2.10. The number of hydrogen-bond acceptors (Lipinski definition) is 2. The largest absolute Gasteiger partial charge is 0.250 e. The molecule has 0 aliphatic rings. The van der Waals surface area contributed by atoms with Gasteiger partial charge in [0.15, 0.2) is 0 Å². The smallest absolute Gasteiger partial charge is 0.137 e. The van der Waals surface area contributed by atoms with Gasteiger partial charge >= 0.3 is 0 Å². The first-order valence-corrected chi connectivity index (χ1v) is 9.68. The Kier molecular flexibility index (Phi) is 12.0. The SMILES string of the molecule is CCCCCCCCCCCCCCCC(C)n1cncn1. The van der Waals surface area contributed by atoms with Crippen molar-refractivity contribution in [2.75, 3.05) is 0 Å². The summed E-state index contributed by atoms with van der Waals surface area (Å²) in [6.07, 6.45) is 23.1. The molecule has 0 N–H and O–H groups in total. The van der Waals surface area contributed by atoms with Crippen LogP contribution >= 0.6 is 0 Å². The van der Waals surface area contributed by atoms with Gasteiger partial charge < -0.3 is 0 Å². The van der Waals surface area contributed by atoms with Crippen LogP contribution in [-0.2, 0) is 0 Å². The minimum atomic E-state index is 0.496. The van der Waals surface area contributed by atoms with Gasteiger partial charge in [0.2, 0.25) is 0 Å². The summed E-state index contributed by atoms with van der Waals surface area (Å²) in [6, 6.07) is 0.496. The molecule has 1 atom stereocenters. The summed E-state index contributed by atoms with van der Waals surface area (Å²) in [6.45, 7) is 4.52. The predicted molar refractivity (Wildman–Crippen MR) is 95.0 cm³/mol. The standard InChI is InChI=1S/C19H37N3/c1-3-4-5-6-7-8-9-10-11-12-13-14-15-16-19(2)22-18-20-17-21-22/h17-19H,3-16H2,1-2H3. The zero-order valence-corrected chi connectivity index (χ0v) is 15.0. The lowest BCUT2D eigenvalue weighted by Crippen LogP contribution is -2.05. The summed E-state index contributed by atoms with van der Waals surface area (Å²) in [7, 11) is 0. The Morgan fingerprint density at radius 3 is 1.73 bits per heavy atom. The molecule has 1 unspecified atom stereocenters. The molecule has 128 valence electrons. The fourth-order valence-corrected chi connectivity index (χ4v) is 3.03. The van der Waals surface area contributed by atoms with Crippen LogP contribution in [0, 0.1) is 0 Å². The highest BCUT2D eigenvalue weighted by Gasteiger charge is 2.03. The van der Waals surface area contributed by atoms with Crippen molar-refractivity contribution < 1.29 is 0 Å². The molecule has 0 saturated carbocycles. The highest BCUT2D eigenvalue weighted by Crippen LogP contribution is 2.16. The molecule has 0 amide bonds. The van der Waals surface area contributed by atoms with E-state index in [4.69, 9.17) is 0 Å². The Morgan fingerprint density at radius 1 is 0.773 bits per heavy atom. The summed E-state index contributed by atoms with van der Waals surface area (Å²) in [5.41, 5.74) is 0. The average molecular weight is 308 g/mol. The van der Waals surface area contributed by atoms with E-state index in [0.717, 1.165) is 0 Å². The molecule has 0 aliphatic carbocycles. The maximum atomic E-state index is 4.20. The predicted octanol–water partition coefficient (Wildman–Crippen LogP) is 6.32. The van der Waals surface area contributed by atoms with Crippen LogP contribution in [0.5, 0.6) is 0 Å². The second kappa shape index (κ2) is 13.8. The van der Waals surface area contributed by atoms with Gasteiger partial charge in [0.25, 0.3) is 0 Å². The van der Waals surface area contributed by atoms with Gasteiger partial charge in [-0.3, -0.25) is 4.68 Å². The maximum absolute atomic E-state index is 4.20. The van der Waals surface area contributed by atoms with Gasteiger partial charge in [0, 0.05) is 0 Å². The molecule has 1 heterocycles. The van der Waals surface area contributed by atoms with Crippen LogP contribution in [0.25, 0.3) is 0 Å². The Hall–Kier alpha value is -0.860. The fourth-order valence-electron chi connectivity index (χ4n) is 3.03. The van der Waals surface area contributed by atoms with Crippen LogP contribution in [0.15, 0.2) is 12.7 Å². The van der Waals surface area contributed by atoms with Gasteiger partial charge in [0.1, 0.15) is 12.7 Å². The van der Waals surface area contributed by atoms with E-state index < -0.39 is 0 Å². The van der Waals surface area contributed by atoms with E-state index in [2.05, 4.69) is 23.9 Å². The molecule has 0 aromatic carbocycles. The highest BCUT2D eigenvalue weighted by atomic mass is 15.3. The molecule has 0 bridgehead atoms. The lowest BCUT2D eigenvalue weighted by molar-refractivity contribution is 0.431. The third-order valence-corrected chi connectivity index (χ3v) is 4.61. The average Bonchev–Trinajstić information content (AvgIpc) is 3.06. The number of nitrogens with zero attached hydrogens (tertiary/aromatic N) is 3. The van der Waals surface area contributed by atoms with Crippen molar-refractivity contribution in [3.8, 4) is 0 Å². The third-order valence-electron chi connectivity index (χ3n) is 4.61. The summed E-state index contributed by atoms with van der Waals surface area (Å²) in [5, 5.41) is 4.20. The van der Waals surface area contributed by atoms with Gasteiger partial charge in [-0.1, -0.05) is 90.4 Å². The molecule has 1 rings (SSSR count). The van der Waals surface area contributed by atoms with Crippen molar-refractivity contribution in [3.63, 3.8) is 0 Å². The van der Waals surface area contributed by atoms with Crippen molar-refractivity contribution in [1.29, 1.82) is 0 Å². The molecule has 0 radical (unpaired) electrons. The molecule has 0 spiro atoms. The summed E-state index contributed by atoms with van der Waals surface area (Å²) in [5.74, 6) is 0. The Morgan fingerprint density at radius 2 is 1.27 bits per heavy atom. The first kappa shape index (κ1) is 19.2. The molecule has 0 aliphatic heterocycles. The Balaban J connectivity index is 1.76. The number of aromatic nitrogens is 3. The normalized spacial score (nSPS) is 12.6. The summed E-state index contributed by atoms with van der Waals surface area (Å²) >= 11 is 0. The molecular weight excluding hydrogens is 270 g/mol. The van der Waals surface area contributed by atoms with Crippen molar-refractivity contribution in [2.45, 2.75) is 110 Å². The zero-order chi connectivity index (χ0) is 15.9. The van der Waals surface area contributed by atoms with Crippen LogP contribution < -0.4 is 0 Å². The van der Waals surface area contributed by atoms with Gasteiger partial charge in [-0.15, -0.1) is 0 Å².